The highest BCUT2D eigenvalue weighted by atomic mass is 19.1. The van der Waals surface area contributed by atoms with Crippen LogP contribution < -0.4 is 0 Å². The number of halogens is 1. The SMILES string of the molecule is Cc1cc(O)c2ccccc2c1C(=O)c1ccc(F)cc1. The zero-order valence-corrected chi connectivity index (χ0v) is 11.4. The number of aryl methyl sites for hydroxylation is 1. The zero-order chi connectivity index (χ0) is 15.0. The van der Waals surface area contributed by atoms with E-state index in [1.54, 1.807) is 25.1 Å². The third kappa shape index (κ3) is 2.27. The summed E-state index contributed by atoms with van der Waals surface area (Å²) in [6, 6.07) is 14.3. The van der Waals surface area contributed by atoms with Crippen LogP contribution in [-0.2, 0) is 0 Å². The summed E-state index contributed by atoms with van der Waals surface area (Å²) in [7, 11) is 0. The summed E-state index contributed by atoms with van der Waals surface area (Å²) in [6.45, 7) is 1.78. The van der Waals surface area contributed by atoms with Crippen LogP contribution in [0.4, 0.5) is 4.39 Å². The van der Waals surface area contributed by atoms with Gasteiger partial charge in [0.1, 0.15) is 11.6 Å². The Morgan fingerprint density at radius 2 is 1.62 bits per heavy atom. The van der Waals surface area contributed by atoms with Gasteiger partial charge in [0.25, 0.3) is 0 Å². The molecule has 3 heteroatoms. The average Bonchev–Trinajstić information content (AvgIpc) is 2.48. The lowest BCUT2D eigenvalue weighted by molar-refractivity contribution is 0.103. The van der Waals surface area contributed by atoms with Gasteiger partial charge < -0.3 is 5.11 Å². The molecule has 21 heavy (non-hydrogen) atoms. The van der Waals surface area contributed by atoms with Gasteiger partial charge in [-0.3, -0.25) is 4.79 Å². The first-order chi connectivity index (χ1) is 10.1. The summed E-state index contributed by atoms with van der Waals surface area (Å²) >= 11 is 0. The van der Waals surface area contributed by atoms with E-state index in [0.29, 0.717) is 27.5 Å². The Labute approximate surface area is 121 Å². The Hall–Kier alpha value is -2.68. The molecule has 0 bridgehead atoms. The fourth-order valence-electron chi connectivity index (χ4n) is 2.54. The molecule has 0 aliphatic heterocycles. The molecule has 2 nitrogen and oxygen atoms in total. The van der Waals surface area contributed by atoms with Gasteiger partial charge in [0.05, 0.1) is 0 Å². The minimum absolute atomic E-state index is 0.152. The predicted molar refractivity (Wildman–Crippen MR) is 80.2 cm³/mol. The Morgan fingerprint density at radius 3 is 2.29 bits per heavy atom. The number of benzene rings is 3. The van der Waals surface area contributed by atoms with Crippen LogP contribution in [0, 0.1) is 12.7 Å². The lowest BCUT2D eigenvalue weighted by Crippen LogP contribution is -2.05. The van der Waals surface area contributed by atoms with Crippen molar-refractivity contribution in [3.63, 3.8) is 0 Å². The predicted octanol–water partition coefficient (Wildman–Crippen LogP) is 4.22. The highest BCUT2D eigenvalue weighted by Gasteiger charge is 2.17. The highest BCUT2D eigenvalue weighted by molar-refractivity contribution is 6.18. The standard InChI is InChI=1S/C18H13FO2/c1-11-10-16(20)14-4-2-3-5-15(14)17(11)18(21)12-6-8-13(19)9-7-12/h2-10,20H,1H3. The van der Waals surface area contributed by atoms with Crippen molar-refractivity contribution in [3.8, 4) is 5.75 Å². The third-order valence-electron chi connectivity index (χ3n) is 3.55. The van der Waals surface area contributed by atoms with Gasteiger partial charge in [0, 0.05) is 16.5 Å². The first-order valence-electron chi connectivity index (χ1n) is 6.59. The van der Waals surface area contributed by atoms with E-state index >= 15 is 0 Å². The number of fused-ring (bicyclic) bond motifs is 1. The number of hydrogen-bond acceptors (Lipinski definition) is 2. The molecule has 0 atom stereocenters. The van der Waals surface area contributed by atoms with Crippen LogP contribution in [0.2, 0.25) is 0 Å². The molecule has 0 radical (unpaired) electrons. The van der Waals surface area contributed by atoms with Gasteiger partial charge in [-0.2, -0.15) is 0 Å². The Bertz CT molecular complexity index is 836. The Balaban J connectivity index is 2.24. The summed E-state index contributed by atoms with van der Waals surface area (Å²) in [6.07, 6.45) is 0. The van der Waals surface area contributed by atoms with Gasteiger partial charge in [0.15, 0.2) is 5.78 Å². The van der Waals surface area contributed by atoms with Gasteiger partial charge in [0.2, 0.25) is 0 Å². The lowest BCUT2D eigenvalue weighted by atomic mass is 9.93. The Kier molecular flexibility index (Phi) is 3.18. The molecule has 1 N–H and O–H groups in total. The topological polar surface area (TPSA) is 37.3 Å². The summed E-state index contributed by atoms with van der Waals surface area (Å²) in [5.74, 6) is -0.402. The monoisotopic (exact) mass is 280 g/mol. The summed E-state index contributed by atoms with van der Waals surface area (Å²) in [5, 5.41) is 11.3. The lowest BCUT2D eigenvalue weighted by Gasteiger charge is -2.11. The molecule has 3 aromatic rings. The van der Waals surface area contributed by atoms with Crippen LogP contribution in [0.25, 0.3) is 10.8 Å². The number of carbonyl (C=O) groups is 1. The molecule has 0 amide bonds. The fraction of sp³-hybridized carbons (Fsp3) is 0.0556. The first-order valence-corrected chi connectivity index (χ1v) is 6.59. The van der Waals surface area contributed by atoms with Gasteiger partial charge >= 0.3 is 0 Å². The van der Waals surface area contributed by atoms with Gasteiger partial charge in [-0.25, -0.2) is 4.39 Å². The molecule has 0 saturated carbocycles. The van der Waals surface area contributed by atoms with E-state index in [1.165, 1.54) is 24.3 Å². The summed E-state index contributed by atoms with van der Waals surface area (Å²) in [5.41, 5.74) is 1.66. The van der Waals surface area contributed by atoms with Crippen molar-refractivity contribution in [2.75, 3.05) is 0 Å². The van der Waals surface area contributed by atoms with E-state index in [4.69, 9.17) is 0 Å². The molecule has 0 unspecified atom stereocenters. The quantitative estimate of drug-likeness (QED) is 0.713. The van der Waals surface area contributed by atoms with E-state index in [2.05, 4.69) is 0 Å². The number of phenols is 1. The van der Waals surface area contributed by atoms with Gasteiger partial charge in [-0.05, 0) is 48.2 Å². The molecule has 0 heterocycles. The van der Waals surface area contributed by atoms with E-state index in [0.717, 1.165) is 0 Å². The Morgan fingerprint density at radius 1 is 1.00 bits per heavy atom. The van der Waals surface area contributed by atoms with Crippen LogP contribution in [0.1, 0.15) is 21.5 Å². The molecule has 0 aliphatic carbocycles. The average molecular weight is 280 g/mol. The second-order valence-electron chi connectivity index (χ2n) is 4.97. The second-order valence-corrected chi connectivity index (χ2v) is 4.97. The van der Waals surface area contributed by atoms with Gasteiger partial charge in [-0.15, -0.1) is 0 Å². The molecular weight excluding hydrogens is 267 g/mol. The van der Waals surface area contributed by atoms with Crippen molar-refractivity contribution in [1.29, 1.82) is 0 Å². The maximum absolute atomic E-state index is 13.0. The van der Waals surface area contributed by atoms with Crippen LogP contribution in [-0.4, -0.2) is 10.9 Å². The first kappa shape index (κ1) is 13.3. The smallest absolute Gasteiger partial charge is 0.193 e. The number of hydrogen-bond donors (Lipinski definition) is 1. The number of ketones is 1. The van der Waals surface area contributed by atoms with Crippen molar-refractivity contribution in [3.05, 3.63) is 77.1 Å². The van der Waals surface area contributed by atoms with E-state index in [-0.39, 0.29) is 17.3 Å². The molecule has 0 aromatic heterocycles. The van der Waals surface area contributed by atoms with E-state index in [9.17, 15) is 14.3 Å². The molecule has 3 aromatic carbocycles. The maximum Gasteiger partial charge on any atom is 0.193 e. The van der Waals surface area contributed by atoms with Crippen molar-refractivity contribution in [1.82, 2.24) is 0 Å². The minimum atomic E-state index is -0.376. The van der Waals surface area contributed by atoms with Crippen molar-refractivity contribution in [2.24, 2.45) is 0 Å². The minimum Gasteiger partial charge on any atom is -0.507 e. The van der Waals surface area contributed by atoms with Crippen LogP contribution in [0.5, 0.6) is 5.75 Å². The van der Waals surface area contributed by atoms with Crippen LogP contribution in [0.15, 0.2) is 54.6 Å². The van der Waals surface area contributed by atoms with Crippen molar-refractivity contribution >= 4 is 16.6 Å². The second kappa shape index (κ2) is 5.02. The van der Waals surface area contributed by atoms with E-state index < -0.39 is 0 Å². The summed E-state index contributed by atoms with van der Waals surface area (Å²) in [4.78, 5) is 12.7. The highest BCUT2D eigenvalue weighted by Crippen LogP contribution is 2.31. The molecule has 0 spiro atoms. The number of aromatic hydroxyl groups is 1. The third-order valence-corrected chi connectivity index (χ3v) is 3.55. The maximum atomic E-state index is 13.0. The molecule has 104 valence electrons. The normalized spacial score (nSPS) is 10.8. The van der Waals surface area contributed by atoms with Crippen LogP contribution >= 0.6 is 0 Å². The van der Waals surface area contributed by atoms with Crippen LogP contribution in [0.3, 0.4) is 0 Å². The van der Waals surface area contributed by atoms with Crippen molar-refractivity contribution < 1.29 is 14.3 Å². The number of phenolic OH excluding ortho intramolecular Hbond substituents is 1. The zero-order valence-electron chi connectivity index (χ0n) is 11.4. The van der Waals surface area contributed by atoms with Crippen molar-refractivity contribution in [2.45, 2.75) is 6.92 Å². The molecule has 3 rings (SSSR count). The number of carbonyl (C=O) groups excluding carboxylic acids is 1. The van der Waals surface area contributed by atoms with Gasteiger partial charge in [-0.1, -0.05) is 24.3 Å². The fourth-order valence-corrected chi connectivity index (χ4v) is 2.54. The largest absolute Gasteiger partial charge is 0.507 e. The molecule has 0 saturated heterocycles. The number of rotatable bonds is 2. The molecular formula is C18H13FO2. The molecule has 0 fully saturated rings. The molecule has 0 aliphatic rings. The summed E-state index contributed by atoms with van der Waals surface area (Å²) < 4.78 is 13.0. The van der Waals surface area contributed by atoms with E-state index in [1.807, 2.05) is 12.1 Å².